The minimum atomic E-state index is -0.225. The molecule has 6 heteroatoms. The lowest BCUT2D eigenvalue weighted by Crippen LogP contribution is -2.23. The molecule has 4 rings (SSSR count). The van der Waals surface area contributed by atoms with Gasteiger partial charge in [-0.15, -0.1) is 0 Å². The molecule has 1 aromatic carbocycles. The number of hydrogen-bond acceptors (Lipinski definition) is 4. The van der Waals surface area contributed by atoms with Crippen molar-refractivity contribution in [1.82, 2.24) is 19.7 Å². The molecule has 29 heavy (non-hydrogen) atoms. The molecule has 3 heterocycles. The molecule has 0 atom stereocenters. The first-order chi connectivity index (χ1) is 14.0. The van der Waals surface area contributed by atoms with E-state index in [-0.39, 0.29) is 5.91 Å². The van der Waals surface area contributed by atoms with Crippen molar-refractivity contribution in [2.45, 2.75) is 20.4 Å². The van der Waals surface area contributed by atoms with Crippen LogP contribution in [0, 0.1) is 13.8 Å². The Balaban J connectivity index is 1.58. The first kappa shape index (κ1) is 18.7. The number of nitrogens with one attached hydrogen (secondary N) is 1. The van der Waals surface area contributed by atoms with Gasteiger partial charge < -0.3 is 14.5 Å². The fourth-order valence-corrected chi connectivity index (χ4v) is 3.47. The Morgan fingerprint density at radius 1 is 1.07 bits per heavy atom. The van der Waals surface area contributed by atoms with Crippen molar-refractivity contribution in [1.29, 1.82) is 0 Å². The zero-order valence-corrected chi connectivity index (χ0v) is 16.6. The number of methoxy groups -OCH3 is 1. The van der Waals surface area contributed by atoms with Crippen LogP contribution in [-0.4, -0.2) is 27.4 Å². The number of carbonyl (C=O) groups excluding carboxylic acids is 1. The van der Waals surface area contributed by atoms with Crippen molar-refractivity contribution < 1.29 is 9.53 Å². The van der Waals surface area contributed by atoms with E-state index in [4.69, 9.17) is 4.74 Å². The number of fused-ring (bicyclic) bond motifs is 1. The highest BCUT2D eigenvalue weighted by molar-refractivity contribution is 5.92. The zero-order chi connectivity index (χ0) is 20.4. The average Bonchev–Trinajstić information content (AvgIpc) is 3.16. The molecule has 146 valence electrons. The first-order valence-corrected chi connectivity index (χ1v) is 9.37. The summed E-state index contributed by atoms with van der Waals surface area (Å²) in [5.41, 5.74) is 6.21. The van der Waals surface area contributed by atoms with E-state index in [0.717, 1.165) is 39.3 Å². The molecule has 3 aromatic heterocycles. The van der Waals surface area contributed by atoms with Gasteiger partial charge in [0.05, 0.1) is 19.3 Å². The number of amides is 1. The number of aromatic nitrogens is 3. The standard InChI is InChI=1S/C23H22N4O2/c1-15-10-18(11-16(2)22(15)29-3)17-7-8-21-26-20(14-27(21)13-17)23(28)25-12-19-6-4-5-9-24-19/h4-11,13-14H,12H2,1-3H3,(H,25,28). The fourth-order valence-electron chi connectivity index (χ4n) is 3.47. The number of nitrogens with zero attached hydrogens (tertiary/aromatic N) is 3. The second-order valence-electron chi connectivity index (χ2n) is 6.96. The van der Waals surface area contributed by atoms with Gasteiger partial charge in [0, 0.05) is 18.6 Å². The monoisotopic (exact) mass is 386 g/mol. The predicted molar refractivity (Wildman–Crippen MR) is 112 cm³/mol. The van der Waals surface area contributed by atoms with Crippen molar-refractivity contribution >= 4 is 11.6 Å². The van der Waals surface area contributed by atoms with Crippen molar-refractivity contribution in [3.63, 3.8) is 0 Å². The Hall–Kier alpha value is -3.67. The third-order valence-corrected chi connectivity index (χ3v) is 4.84. The second kappa shape index (κ2) is 7.75. The van der Waals surface area contributed by atoms with Crippen LogP contribution in [0.1, 0.15) is 27.3 Å². The summed E-state index contributed by atoms with van der Waals surface area (Å²) in [6, 6.07) is 13.7. The van der Waals surface area contributed by atoms with Crippen LogP contribution >= 0.6 is 0 Å². The van der Waals surface area contributed by atoms with Crippen molar-refractivity contribution in [2.24, 2.45) is 0 Å². The second-order valence-corrected chi connectivity index (χ2v) is 6.96. The van der Waals surface area contributed by atoms with Crippen LogP contribution in [0.5, 0.6) is 5.75 Å². The highest BCUT2D eigenvalue weighted by Crippen LogP contribution is 2.30. The van der Waals surface area contributed by atoms with Gasteiger partial charge in [0.1, 0.15) is 17.1 Å². The van der Waals surface area contributed by atoms with Crippen LogP contribution in [-0.2, 0) is 6.54 Å². The van der Waals surface area contributed by atoms with Gasteiger partial charge >= 0.3 is 0 Å². The quantitative estimate of drug-likeness (QED) is 0.564. The lowest BCUT2D eigenvalue weighted by molar-refractivity contribution is 0.0946. The number of rotatable bonds is 5. The van der Waals surface area contributed by atoms with E-state index in [2.05, 4.69) is 27.4 Å². The average molecular weight is 386 g/mol. The van der Waals surface area contributed by atoms with E-state index in [9.17, 15) is 4.79 Å². The van der Waals surface area contributed by atoms with E-state index in [1.807, 2.05) is 54.8 Å². The molecule has 1 N–H and O–H groups in total. The van der Waals surface area contributed by atoms with Gasteiger partial charge in [-0.2, -0.15) is 0 Å². The molecule has 4 aromatic rings. The minimum absolute atomic E-state index is 0.225. The minimum Gasteiger partial charge on any atom is -0.496 e. The zero-order valence-electron chi connectivity index (χ0n) is 16.6. The summed E-state index contributed by atoms with van der Waals surface area (Å²) in [5, 5.41) is 2.86. The van der Waals surface area contributed by atoms with E-state index in [1.165, 1.54) is 0 Å². The van der Waals surface area contributed by atoms with Gasteiger partial charge in [-0.05, 0) is 72.5 Å². The Morgan fingerprint density at radius 2 is 1.86 bits per heavy atom. The molecule has 0 aliphatic heterocycles. The summed E-state index contributed by atoms with van der Waals surface area (Å²) >= 11 is 0. The molecule has 1 amide bonds. The summed E-state index contributed by atoms with van der Waals surface area (Å²) < 4.78 is 7.33. The Bertz CT molecular complexity index is 1160. The maximum atomic E-state index is 12.5. The van der Waals surface area contributed by atoms with Crippen LogP contribution in [0.3, 0.4) is 0 Å². The summed E-state index contributed by atoms with van der Waals surface area (Å²) in [4.78, 5) is 21.1. The van der Waals surface area contributed by atoms with Gasteiger partial charge in [-0.3, -0.25) is 9.78 Å². The third-order valence-electron chi connectivity index (χ3n) is 4.84. The predicted octanol–water partition coefficient (Wildman–Crippen LogP) is 3.95. The smallest absolute Gasteiger partial charge is 0.271 e. The van der Waals surface area contributed by atoms with E-state index in [1.54, 1.807) is 19.5 Å². The lowest BCUT2D eigenvalue weighted by Gasteiger charge is -2.11. The normalized spacial score (nSPS) is 10.9. The molecule has 0 spiro atoms. The Morgan fingerprint density at radius 3 is 2.55 bits per heavy atom. The van der Waals surface area contributed by atoms with Gasteiger partial charge in [0.25, 0.3) is 5.91 Å². The number of carbonyl (C=O) groups is 1. The maximum absolute atomic E-state index is 12.5. The fraction of sp³-hybridized carbons (Fsp3) is 0.174. The lowest BCUT2D eigenvalue weighted by atomic mass is 10.0. The van der Waals surface area contributed by atoms with Crippen LogP contribution in [0.25, 0.3) is 16.8 Å². The number of benzene rings is 1. The van der Waals surface area contributed by atoms with Gasteiger partial charge in [-0.25, -0.2) is 4.98 Å². The summed E-state index contributed by atoms with van der Waals surface area (Å²) in [5.74, 6) is 0.682. The summed E-state index contributed by atoms with van der Waals surface area (Å²) in [6.45, 7) is 4.44. The Labute approximate surface area is 169 Å². The number of ether oxygens (including phenoxy) is 1. The molecule has 6 nitrogen and oxygen atoms in total. The van der Waals surface area contributed by atoms with Crippen LogP contribution in [0.15, 0.2) is 61.1 Å². The van der Waals surface area contributed by atoms with Gasteiger partial charge in [-0.1, -0.05) is 6.07 Å². The molecule has 0 bridgehead atoms. The topological polar surface area (TPSA) is 68.5 Å². The highest BCUT2D eigenvalue weighted by atomic mass is 16.5. The molecule has 0 saturated carbocycles. The van der Waals surface area contributed by atoms with E-state index < -0.39 is 0 Å². The van der Waals surface area contributed by atoms with Crippen molar-refractivity contribution in [3.8, 4) is 16.9 Å². The summed E-state index contributed by atoms with van der Waals surface area (Å²) in [7, 11) is 1.69. The molecule has 0 fully saturated rings. The molecule has 0 unspecified atom stereocenters. The van der Waals surface area contributed by atoms with Crippen molar-refractivity contribution in [2.75, 3.05) is 7.11 Å². The number of hydrogen-bond donors (Lipinski definition) is 1. The van der Waals surface area contributed by atoms with Gasteiger partial charge in [0.2, 0.25) is 0 Å². The van der Waals surface area contributed by atoms with Crippen LogP contribution < -0.4 is 10.1 Å². The molecule has 0 radical (unpaired) electrons. The van der Waals surface area contributed by atoms with Crippen molar-refractivity contribution in [3.05, 3.63) is 83.6 Å². The molecule has 0 aliphatic carbocycles. The first-order valence-electron chi connectivity index (χ1n) is 9.37. The third kappa shape index (κ3) is 3.82. The van der Waals surface area contributed by atoms with Crippen LogP contribution in [0.2, 0.25) is 0 Å². The number of pyridine rings is 2. The van der Waals surface area contributed by atoms with E-state index >= 15 is 0 Å². The van der Waals surface area contributed by atoms with Crippen LogP contribution in [0.4, 0.5) is 0 Å². The highest BCUT2D eigenvalue weighted by Gasteiger charge is 2.12. The SMILES string of the molecule is COc1c(C)cc(-c2ccc3nc(C(=O)NCc4ccccn4)cn3c2)cc1C. The Kier molecular flexibility index (Phi) is 4.99. The number of aryl methyl sites for hydroxylation is 2. The van der Waals surface area contributed by atoms with Gasteiger partial charge in [0.15, 0.2) is 0 Å². The summed E-state index contributed by atoms with van der Waals surface area (Å²) in [6.07, 6.45) is 5.44. The molecular formula is C23H22N4O2. The molecule has 0 saturated heterocycles. The molecule has 0 aliphatic rings. The largest absolute Gasteiger partial charge is 0.496 e. The maximum Gasteiger partial charge on any atom is 0.271 e. The molecular weight excluding hydrogens is 364 g/mol. The van der Waals surface area contributed by atoms with E-state index in [0.29, 0.717) is 12.2 Å². The number of imidazole rings is 1.